The summed E-state index contributed by atoms with van der Waals surface area (Å²) in [4.78, 5) is 56.4. The molecule has 3 aliphatic rings. The number of phenols is 1. The molecule has 2 amide bonds. The zero-order valence-electron chi connectivity index (χ0n) is 25.5. The maximum atomic E-state index is 14.3. The van der Waals surface area contributed by atoms with Gasteiger partial charge in [-0.1, -0.05) is 18.5 Å². The van der Waals surface area contributed by atoms with Gasteiger partial charge in [-0.25, -0.2) is 4.79 Å². The molecule has 2 aromatic carbocycles. The summed E-state index contributed by atoms with van der Waals surface area (Å²) in [6.07, 6.45) is -0.528. The van der Waals surface area contributed by atoms with Crippen LogP contribution in [0.5, 0.6) is 11.5 Å². The number of aliphatic hydroxyl groups is 2. The van der Waals surface area contributed by atoms with E-state index in [9.17, 15) is 34.5 Å². The summed E-state index contributed by atoms with van der Waals surface area (Å²) in [7, 11) is 7.05. The first kappa shape index (κ1) is 31.9. The van der Waals surface area contributed by atoms with Gasteiger partial charge in [-0.05, 0) is 68.8 Å². The van der Waals surface area contributed by atoms with Gasteiger partial charge in [0.15, 0.2) is 17.3 Å². The van der Waals surface area contributed by atoms with Crippen molar-refractivity contribution in [3.63, 3.8) is 0 Å². The fourth-order valence-corrected chi connectivity index (χ4v) is 7.18. The Kier molecular flexibility index (Phi) is 8.09. The summed E-state index contributed by atoms with van der Waals surface area (Å²) in [5.41, 5.74) is 4.71. The van der Waals surface area contributed by atoms with E-state index in [1.54, 1.807) is 63.1 Å². The highest BCUT2D eigenvalue weighted by atomic mass is 35.5. The minimum Gasteiger partial charge on any atom is -0.511 e. The lowest BCUT2D eigenvalue weighted by atomic mass is 9.52. The molecule has 0 aliphatic heterocycles. The van der Waals surface area contributed by atoms with E-state index in [1.807, 2.05) is 0 Å². The van der Waals surface area contributed by atoms with Crippen molar-refractivity contribution < 1.29 is 39.2 Å². The molecule has 12 nitrogen and oxygen atoms in total. The average Bonchev–Trinajstić information content (AvgIpc) is 2.92. The number of carbonyl (C=O) groups excluding carboxylic acids is 4. The van der Waals surface area contributed by atoms with Crippen LogP contribution in [0.1, 0.15) is 24.5 Å². The molecule has 6 N–H and O–H groups in total. The Bertz CT molecular complexity index is 1700. The fourth-order valence-electron chi connectivity index (χ4n) is 7.06. The van der Waals surface area contributed by atoms with Gasteiger partial charge in [0.05, 0.1) is 17.2 Å². The SMILES string of the molecule is CN(C)C[C@@H]1C(O)=C(C(N)=O)C(=O)C2C(=O)C3=C(O)c4c(O)c(NC(=O)Oc5ccc(Cl)cc5)cc(N(C)C)c4C[C@@]3(C)CC21. The Balaban J connectivity index is 1.62. The molecule has 13 heteroatoms. The second-order valence-corrected chi connectivity index (χ2v) is 13.0. The summed E-state index contributed by atoms with van der Waals surface area (Å²) in [5.74, 6) is -6.79. The van der Waals surface area contributed by atoms with Crippen LogP contribution in [0.25, 0.3) is 5.76 Å². The average molecular weight is 639 g/mol. The fraction of sp³-hybridized carbons (Fsp3) is 0.375. The largest absolute Gasteiger partial charge is 0.511 e. The predicted molar refractivity (Wildman–Crippen MR) is 167 cm³/mol. The third-order valence-electron chi connectivity index (χ3n) is 8.88. The second-order valence-electron chi connectivity index (χ2n) is 12.5. The number of nitrogens with zero attached hydrogens (tertiary/aromatic N) is 2. The summed E-state index contributed by atoms with van der Waals surface area (Å²) in [6.45, 7) is 2.04. The van der Waals surface area contributed by atoms with Gasteiger partial charge in [-0.15, -0.1) is 0 Å². The third-order valence-corrected chi connectivity index (χ3v) is 9.13. The minimum absolute atomic E-state index is 0.0659. The number of nitrogens with two attached hydrogens (primary N) is 1. The van der Waals surface area contributed by atoms with Crippen molar-refractivity contribution in [2.75, 3.05) is 45.0 Å². The lowest BCUT2D eigenvalue weighted by molar-refractivity contribution is -0.138. The van der Waals surface area contributed by atoms with Crippen LogP contribution < -0.4 is 20.7 Å². The number of amides is 2. The molecule has 0 spiro atoms. The van der Waals surface area contributed by atoms with Gasteiger partial charge in [-0.2, -0.15) is 0 Å². The van der Waals surface area contributed by atoms with Crippen molar-refractivity contribution >= 4 is 52.3 Å². The van der Waals surface area contributed by atoms with Gasteiger partial charge < -0.3 is 35.6 Å². The van der Waals surface area contributed by atoms with E-state index in [0.29, 0.717) is 16.3 Å². The number of hydrogen-bond donors (Lipinski definition) is 5. The minimum atomic E-state index is -1.37. The number of halogens is 1. The highest BCUT2D eigenvalue weighted by Gasteiger charge is 2.59. The van der Waals surface area contributed by atoms with Crippen molar-refractivity contribution in [1.29, 1.82) is 0 Å². The first-order valence-electron chi connectivity index (χ1n) is 14.3. The van der Waals surface area contributed by atoms with E-state index in [0.717, 1.165) is 0 Å². The monoisotopic (exact) mass is 638 g/mol. The molecule has 2 aromatic rings. The van der Waals surface area contributed by atoms with Crippen LogP contribution >= 0.6 is 11.6 Å². The molecule has 45 heavy (non-hydrogen) atoms. The highest BCUT2D eigenvalue weighted by molar-refractivity contribution is 6.30. The topological polar surface area (TPSA) is 183 Å². The number of aromatic hydroxyl groups is 1. The Morgan fingerprint density at radius 3 is 2.31 bits per heavy atom. The normalized spacial score (nSPS) is 24.2. The predicted octanol–water partition coefficient (Wildman–Crippen LogP) is 3.82. The molecule has 2 unspecified atom stereocenters. The molecule has 0 saturated heterocycles. The Morgan fingerprint density at radius 1 is 1.09 bits per heavy atom. The Labute approximate surface area is 264 Å². The number of benzene rings is 2. The van der Waals surface area contributed by atoms with Crippen LogP contribution in [0.2, 0.25) is 5.02 Å². The summed E-state index contributed by atoms with van der Waals surface area (Å²) in [6, 6.07) is 7.61. The Hall–Kier alpha value is -4.55. The number of phenolic OH excluding ortho intramolecular Hbond substituents is 1. The Morgan fingerprint density at radius 2 is 1.73 bits per heavy atom. The molecule has 5 rings (SSSR count). The van der Waals surface area contributed by atoms with Crippen LogP contribution in [-0.2, 0) is 20.8 Å². The van der Waals surface area contributed by atoms with Gasteiger partial charge in [0.25, 0.3) is 5.91 Å². The lowest BCUT2D eigenvalue weighted by Gasteiger charge is -2.50. The van der Waals surface area contributed by atoms with Gasteiger partial charge >= 0.3 is 6.09 Å². The number of rotatable bonds is 6. The number of allylic oxidation sites excluding steroid dienone is 1. The molecule has 0 aromatic heterocycles. The number of ether oxygens (including phenoxy) is 1. The third kappa shape index (κ3) is 5.38. The molecular weight excluding hydrogens is 604 g/mol. The van der Waals surface area contributed by atoms with Crippen LogP contribution in [0, 0.1) is 23.2 Å². The number of Topliss-reactive ketones (excluding diaryl/α,β-unsaturated/α-hetero) is 2. The quantitative estimate of drug-likeness (QED) is 0.177. The van der Waals surface area contributed by atoms with E-state index >= 15 is 0 Å². The molecule has 0 heterocycles. The van der Waals surface area contributed by atoms with Crippen LogP contribution in [0.15, 0.2) is 47.2 Å². The molecule has 1 fully saturated rings. The maximum Gasteiger partial charge on any atom is 0.417 e. The second kappa shape index (κ2) is 11.4. The zero-order chi connectivity index (χ0) is 33.1. The lowest BCUT2D eigenvalue weighted by Crippen LogP contribution is -2.54. The number of primary amides is 1. The van der Waals surface area contributed by atoms with E-state index < -0.39 is 69.6 Å². The standard InChI is InChI=1S/C32H35ClN4O8/c1-32-11-16-18(13-36(2)3)25(38)23(30(34)43)27(40)21(16)28(41)24(32)29(42)22-17(12-32)20(37(4)5)10-19(26(22)39)35-31(44)45-15-8-6-14(33)7-9-15/h6-10,16,18,21,38-39,42H,11-13H2,1-5H3,(H2,34,43)(H,35,44)/t16?,18-,21?,32+/m0/s1. The number of fused-ring (bicyclic) bond motifs is 3. The van der Waals surface area contributed by atoms with Crippen LogP contribution in [-0.4, -0.2) is 78.5 Å². The van der Waals surface area contributed by atoms with Gasteiger partial charge in [0.2, 0.25) is 0 Å². The summed E-state index contributed by atoms with van der Waals surface area (Å²) >= 11 is 5.90. The van der Waals surface area contributed by atoms with Gasteiger partial charge in [-0.3, -0.25) is 19.7 Å². The number of nitrogens with one attached hydrogen (secondary N) is 1. The zero-order valence-corrected chi connectivity index (χ0v) is 26.2. The van der Waals surface area contributed by atoms with Crippen molar-refractivity contribution in [3.05, 3.63) is 63.4 Å². The van der Waals surface area contributed by atoms with Gasteiger partial charge in [0, 0.05) is 48.3 Å². The molecule has 4 atom stereocenters. The van der Waals surface area contributed by atoms with E-state index in [2.05, 4.69) is 5.32 Å². The number of ketones is 2. The molecule has 0 bridgehead atoms. The number of aliphatic hydroxyl groups excluding tert-OH is 2. The first-order valence-corrected chi connectivity index (χ1v) is 14.6. The summed E-state index contributed by atoms with van der Waals surface area (Å²) in [5, 5.41) is 37.2. The molecule has 0 radical (unpaired) electrons. The number of anilines is 2. The molecule has 3 aliphatic carbocycles. The van der Waals surface area contributed by atoms with E-state index in [4.69, 9.17) is 22.1 Å². The smallest absolute Gasteiger partial charge is 0.417 e. The highest BCUT2D eigenvalue weighted by Crippen LogP contribution is 2.58. The van der Waals surface area contributed by atoms with Gasteiger partial charge in [0.1, 0.15) is 22.8 Å². The van der Waals surface area contributed by atoms with E-state index in [1.165, 1.54) is 12.1 Å². The van der Waals surface area contributed by atoms with Crippen LogP contribution in [0.4, 0.5) is 16.2 Å². The first-order chi connectivity index (χ1) is 21.1. The van der Waals surface area contributed by atoms with Crippen molar-refractivity contribution in [1.82, 2.24) is 4.90 Å². The van der Waals surface area contributed by atoms with Crippen LogP contribution in [0.3, 0.4) is 0 Å². The molecule has 238 valence electrons. The molecule has 1 saturated carbocycles. The molecular formula is C32H35ClN4O8. The van der Waals surface area contributed by atoms with E-state index in [-0.39, 0.29) is 42.0 Å². The summed E-state index contributed by atoms with van der Waals surface area (Å²) < 4.78 is 5.30. The number of hydrogen-bond acceptors (Lipinski definition) is 10. The number of carbonyl (C=O) groups is 4. The maximum absolute atomic E-state index is 14.3. The van der Waals surface area contributed by atoms with Crippen molar-refractivity contribution in [2.24, 2.45) is 28.9 Å². The van der Waals surface area contributed by atoms with Crippen molar-refractivity contribution in [3.8, 4) is 11.5 Å². The van der Waals surface area contributed by atoms with Crippen molar-refractivity contribution in [2.45, 2.75) is 19.8 Å².